The molecule has 2 aromatic rings. The van der Waals surface area contributed by atoms with Crippen LogP contribution < -0.4 is 16.1 Å². The summed E-state index contributed by atoms with van der Waals surface area (Å²) in [5.74, 6) is 0.146. The number of benzene rings is 2. The molecule has 6 atom stereocenters. The van der Waals surface area contributed by atoms with Crippen molar-refractivity contribution in [2.24, 2.45) is 5.92 Å². The number of ether oxygens (including phenoxy) is 2. The van der Waals surface area contributed by atoms with Crippen LogP contribution in [0.25, 0.3) is 0 Å². The van der Waals surface area contributed by atoms with E-state index in [-0.39, 0.29) is 48.6 Å². The number of nitrogens with one attached hydrogen (secondary N) is 3. The first-order chi connectivity index (χ1) is 24.0. The highest BCUT2D eigenvalue weighted by molar-refractivity contribution is 5.82. The molecular formula is C39H56N4O7. The molecule has 5 N–H and O–H groups in total. The minimum absolute atomic E-state index is 0.0220. The second-order valence-corrected chi connectivity index (χ2v) is 15.3. The third kappa shape index (κ3) is 10.6. The van der Waals surface area contributed by atoms with Crippen LogP contribution in [0.2, 0.25) is 0 Å². The number of piperidine rings is 1. The summed E-state index contributed by atoms with van der Waals surface area (Å²) in [6, 6.07) is 15.9. The first-order valence-corrected chi connectivity index (χ1v) is 18.4. The molecule has 6 unspecified atom stereocenters. The molecular weight excluding hydrogens is 636 g/mol. The van der Waals surface area contributed by atoms with Gasteiger partial charge in [0, 0.05) is 49.5 Å². The summed E-state index contributed by atoms with van der Waals surface area (Å²) in [6.07, 6.45) is 7.84. The van der Waals surface area contributed by atoms with Crippen molar-refractivity contribution in [3.63, 3.8) is 0 Å². The molecule has 2 heterocycles. The molecule has 5 rings (SSSR count). The van der Waals surface area contributed by atoms with E-state index in [9.17, 15) is 19.5 Å². The van der Waals surface area contributed by atoms with Gasteiger partial charge in [-0.25, -0.2) is 5.48 Å². The average molecular weight is 693 g/mol. The van der Waals surface area contributed by atoms with Gasteiger partial charge in [0.05, 0.1) is 24.9 Å². The van der Waals surface area contributed by atoms with Crippen LogP contribution in [0.3, 0.4) is 0 Å². The van der Waals surface area contributed by atoms with Gasteiger partial charge in [-0.1, -0.05) is 61.4 Å². The van der Waals surface area contributed by atoms with Crippen molar-refractivity contribution in [2.75, 3.05) is 6.54 Å². The summed E-state index contributed by atoms with van der Waals surface area (Å²) in [6.45, 7) is 7.09. The Morgan fingerprint density at radius 3 is 2.18 bits per heavy atom. The molecule has 2 aliphatic heterocycles. The molecule has 11 heteroatoms. The smallest absolute Gasteiger partial charge is 0.243 e. The normalized spacial score (nSPS) is 25.7. The molecule has 1 saturated carbocycles. The summed E-state index contributed by atoms with van der Waals surface area (Å²) in [4.78, 5) is 39.7. The molecule has 50 heavy (non-hydrogen) atoms. The SMILES string of the molecule is CC(C)(C)NC(=O)C1CCC2CCCCC2N1CC1CC(c2ccc(CO)cc2)OC(c2ccc(CNC(=O)CCCCC(=O)NO)cc2)O1. The van der Waals surface area contributed by atoms with Crippen LogP contribution in [0.1, 0.15) is 126 Å². The lowest BCUT2D eigenvalue weighted by molar-refractivity contribution is -0.255. The van der Waals surface area contributed by atoms with Gasteiger partial charge < -0.3 is 25.2 Å². The first-order valence-electron chi connectivity index (χ1n) is 18.4. The van der Waals surface area contributed by atoms with Crippen LogP contribution in [0.5, 0.6) is 0 Å². The minimum Gasteiger partial charge on any atom is -0.392 e. The number of fused-ring (bicyclic) bond motifs is 1. The topological polar surface area (TPSA) is 149 Å². The van der Waals surface area contributed by atoms with E-state index < -0.39 is 12.2 Å². The molecule has 11 nitrogen and oxygen atoms in total. The molecule has 0 bridgehead atoms. The fourth-order valence-electron chi connectivity index (χ4n) is 7.70. The van der Waals surface area contributed by atoms with Gasteiger partial charge >= 0.3 is 0 Å². The zero-order chi connectivity index (χ0) is 35.7. The third-order valence-electron chi connectivity index (χ3n) is 10.3. The van der Waals surface area contributed by atoms with Crippen molar-refractivity contribution in [3.8, 4) is 0 Å². The van der Waals surface area contributed by atoms with Crippen LogP contribution in [0.4, 0.5) is 0 Å². The van der Waals surface area contributed by atoms with Crippen LogP contribution >= 0.6 is 0 Å². The van der Waals surface area contributed by atoms with E-state index in [1.54, 1.807) is 5.48 Å². The summed E-state index contributed by atoms with van der Waals surface area (Å²) < 4.78 is 13.4. The number of carbonyl (C=O) groups excluding carboxylic acids is 3. The van der Waals surface area contributed by atoms with Crippen LogP contribution in [0.15, 0.2) is 48.5 Å². The Kier molecular flexibility index (Phi) is 13.4. The van der Waals surface area contributed by atoms with Gasteiger partial charge in [0.15, 0.2) is 6.29 Å². The zero-order valence-electron chi connectivity index (χ0n) is 29.9. The van der Waals surface area contributed by atoms with E-state index in [0.717, 1.165) is 41.5 Å². The average Bonchev–Trinajstić information content (AvgIpc) is 3.12. The Morgan fingerprint density at radius 1 is 0.840 bits per heavy atom. The highest BCUT2D eigenvalue weighted by atomic mass is 16.7. The second-order valence-electron chi connectivity index (χ2n) is 15.3. The van der Waals surface area contributed by atoms with Crippen molar-refractivity contribution in [1.82, 2.24) is 21.0 Å². The quantitative estimate of drug-likeness (QED) is 0.107. The highest BCUT2D eigenvalue weighted by Gasteiger charge is 2.44. The third-order valence-corrected chi connectivity index (χ3v) is 10.3. The number of hydrogen-bond donors (Lipinski definition) is 5. The molecule has 274 valence electrons. The van der Waals surface area contributed by atoms with Crippen molar-refractivity contribution >= 4 is 17.7 Å². The predicted octanol–water partition coefficient (Wildman–Crippen LogP) is 5.34. The lowest BCUT2D eigenvalue weighted by Gasteiger charge is -2.50. The predicted molar refractivity (Wildman–Crippen MR) is 188 cm³/mol. The molecule has 3 aliphatic rings. The Labute approximate surface area is 296 Å². The Bertz CT molecular complexity index is 1410. The maximum absolute atomic E-state index is 13.7. The van der Waals surface area contributed by atoms with Crippen molar-refractivity contribution < 1.29 is 34.2 Å². The number of aliphatic hydroxyl groups excluding tert-OH is 1. The number of likely N-dealkylation sites (tertiary alicyclic amines) is 1. The van der Waals surface area contributed by atoms with Gasteiger partial charge in [-0.3, -0.25) is 24.5 Å². The van der Waals surface area contributed by atoms with Gasteiger partial charge in [-0.15, -0.1) is 0 Å². The monoisotopic (exact) mass is 692 g/mol. The van der Waals surface area contributed by atoms with Gasteiger partial charge in [0.2, 0.25) is 17.7 Å². The number of rotatable bonds is 13. The van der Waals surface area contributed by atoms with Crippen LogP contribution in [0, 0.1) is 5.92 Å². The largest absolute Gasteiger partial charge is 0.392 e. The number of amides is 3. The summed E-state index contributed by atoms with van der Waals surface area (Å²) >= 11 is 0. The van der Waals surface area contributed by atoms with Gasteiger partial charge in [0.1, 0.15) is 0 Å². The van der Waals surface area contributed by atoms with E-state index in [2.05, 4.69) is 15.5 Å². The fraction of sp³-hybridized carbons (Fsp3) is 0.615. The Balaban J connectivity index is 1.29. The highest BCUT2D eigenvalue weighted by Crippen LogP contribution is 2.42. The second kappa shape index (κ2) is 17.7. The molecule has 2 aromatic carbocycles. The fourth-order valence-corrected chi connectivity index (χ4v) is 7.70. The summed E-state index contributed by atoms with van der Waals surface area (Å²) in [7, 11) is 0. The minimum atomic E-state index is -0.621. The number of carbonyl (C=O) groups is 3. The number of nitrogens with zero attached hydrogens (tertiary/aromatic N) is 1. The van der Waals surface area contributed by atoms with Crippen molar-refractivity contribution in [3.05, 3.63) is 70.8 Å². The number of hydrogen-bond acceptors (Lipinski definition) is 8. The van der Waals surface area contributed by atoms with E-state index in [1.165, 1.54) is 19.3 Å². The van der Waals surface area contributed by atoms with Gasteiger partial charge in [-0.2, -0.15) is 0 Å². The van der Waals surface area contributed by atoms with Crippen LogP contribution in [-0.2, 0) is 37.0 Å². The standard InChI is InChI=1S/C39H56N4O7/c1-39(2,3)41-37(47)33-21-20-28-8-4-5-9-32(28)43(33)24-31-22-34(29-16-14-27(25-44)15-17-29)50-38(49-31)30-18-12-26(13-19-30)23-40-35(45)10-6-7-11-36(46)42-48/h12-19,28,31-34,38,44,48H,4-11,20-25H2,1-3H3,(H,40,45)(H,41,47)(H,42,46). The number of unbranched alkanes of at least 4 members (excludes halogenated alkanes) is 1. The summed E-state index contributed by atoms with van der Waals surface area (Å²) in [5.41, 5.74) is 4.97. The molecule has 3 amide bonds. The first kappa shape index (κ1) is 37.9. The molecule has 0 aromatic heterocycles. The van der Waals surface area contributed by atoms with E-state index >= 15 is 0 Å². The Hall–Kier alpha value is -3.35. The lowest BCUT2D eigenvalue weighted by atomic mass is 9.75. The zero-order valence-corrected chi connectivity index (χ0v) is 29.9. The van der Waals surface area contributed by atoms with Gasteiger partial charge in [0.25, 0.3) is 0 Å². The Morgan fingerprint density at radius 2 is 1.50 bits per heavy atom. The number of aliphatic hydroxyl groups is 1. The van der Waals surface area contributed by atoms with E-state index in [1.807, 2.05) is 69.3 Å². The van der Waals surface area contributed by atoms with Crippen LogP contribution in [-0.4, -0.2) is 63.2 Å². The lowest BCUT2D eigenvalue weighted by Crippen LogP contribution is -2.61. The maximum atomic E-state index is 13.7. The summed E-state index contributed by atoms with van der Waals surface area (Å²) in [5, 5.41) is 24.4. The van der Waals surface area contributed by atoms with Crippen molar-refractivity contribution in [2.45, 2.75) is 141 Å². The van der Waals surface area contributed by atoms with Crippen molar-refractivity contribution in [1.29, 1.82) is 0 Å². The van der Waals surface area contributed by atoms with E-state index in [0.29, 0.717) is 50.7 Å². The number of hydroxylamine groups is 1. The molecule has 1 aliphatic carbocycles. The van der Waals surface area contributed by atoms with E-state index in [4.69, 9.17) is 14.7 Å². The molecule has 3 fully saturated rings. The molecule has 0 radical (unpaired) electrons. The maximum Gasteiger partial charge on any atom is 0.243 e. The molecule has 0 spiro atoms. The molecule has 2 saturated heterocycles. The van der Waals surface area contributed by atoms with Gasteiger partial charge in [-0.05, 0) is 81.9 Å².